The molecule has 0 amide bonds. The van der Waals surface area contributed by atoms with E-state index in [4.69, 9.17) is 0 Å². The molecular formula is C17H23N3. The zero-order valence-corrected chi connectivity index (χ0v) is 12.1. The van der Waals surface area contributed by atoms with Crippen LogP contribution in [0.25, 0.3) is 11.4 Å². The van der Waals surface area contributed by atoms with Crippen molar-refractivity contribution in [2.24, 2.45) is 0 Å². The number of imidazole rings is 1. The minimum absolute atomic E-state index is 0.585. The van der Waals surface area contributed by atoms with Crippen LogP contribution in [0, 0.1) is 0 Å². The predicted molar refractivity (Wildman–Crippen MR) is 82.6 cm³/mol. The van der Waals surface area contributed by atoms with Crippen molar-refractivity contribution in [3.63, 3.8) is 0 Å². The fourth-order valence-corrected chi connectivity index (χ4v) is 3.16. The van der Waals surface area contributed by atoms with Gasteiger partial charge in [0, 0.05) is 30.0 Å². The van der Waals surface area contributed by atoms with Gasteiger partial charge < -0.3 is 9.88 Å². The standard InChI is InChI=1S/C17H23N3/c1-2-10-18-15-8-9-16(13-15)20-12-11-19-17(20)14-6-4-3-5-7-14/h3-7,11-12,15-16,18H,2,8-10,13H2,1H3. The number of hydrogen-bond acceptors (Lipinski definition) is 2. The highest BCUT2D eigenvalue weighted by atomic mass is 15.1. The second kappa shape index (κ2) is 6.23. The molecule has 1 aliphatic carbocycles. The van der Waals surface area contributed by atoms with Gasteiger partial charge in [0.05, 0.1) is 0 Å². The second-order valence-corrected chi connectivity index (χ2v) is 5.64. The molecule has 106 valence electrons. The lowest BCUT2D eigenvalue weighted by Crippen LogP contribution is -2.27. The van der Waals surface area contributed by atoms with E-state index in [1.807, 2.05) is 6.20 Å². The Kier molecular flexibility index (Phi) is 4.16. The molecular weight excluding hydrogens is 246 g/mol. The van der Waals surface area contributed by atoms with Crippen molar-refractivity contribution >= 4 is 0 Å². The van der Waals surface area contributed by atoms with Gasteiger partial charge in [-0.25, -0.2) is 4.98 Å². The van der Waals surface area contributed by atoms with Crippen LogP contribution in [-0.4, -0.2) is 22.1 Å². The largest absolute Gasteiger partial charge is 0.328 e. The third kappa shape index (κ3) is 2.78. The van der Waals surface area contributed by atoms with Crippen LogP contribution in [0.1, 0.15) is 38.6 Å². The summed E-state index contributed by atoms with van der Waals surface area (Å²) in [5, 5.41) is 3.65. The maximum Gasteiger partial charge on any atom is 0.140 e. The van der Waals surface area contributed by atoms with E-state index in [0.29, 0.717) is 12.1 Å². The van der Waals surface area contributed by atoms with E-state index in [2.05, 4.69) is 58.3 Å². The Morgan fingerprint density at radius 2 is 2.10 bits per heavy atom. The molecule has 1 heterocycles. The van der Waals surface area contributed by atoms with Crippen LogP contribution in [0.15, 0.2) is 42.7 Å². The quantitative estimate of drug-likeness (QED) is 0.898. The molecule has 1 aliphatic rings. The van der Waals surface area contributed by atoms with Gasteiger partial charge in [-0.3, -0.25) is 0 Å². The summed E-state index contributed by atoms with van der Waals surface area (Å²) in [5.74, 6) is 1.10. The number of nitrogens with one attached hydrogen (secondary N) is 1. The Hall–Kier alpha value is -1.61. The molecule has 1 aromatic heterocycles. The second-order valence-electron chi connectivity index (χ2n) is 5.64. The number of benzene rings is 1. The molecule has 2 aromatic rings. The van der Waals surface area contributed by atoms with Crippen molar-refractivity contribution in [3.05, 3.63) is 42.7 Å². The SMILES string of the molecule is CCCNC1CCC(n2ccnc2-c2ccccc2)C1. The molecule has 1 fully saturated rings. The zero-order chi connectivity index (χ0) is 13.8. The van der Waals surface area contributed by atoms with E-state index < -0.39 is 0 Å². The fraction of sp³-hybridized carbons (Fsp3) is 0.471. The van der Waals surface area contributed by atoms with Gasteiger partial charge in [-0.15, -0.1) is 0 Å². The van der Waals surface area contributed by atoms with Gasteiger partial charge in [-0.05, 0) is 32.2 Å². The molecule has 1 N–H and O–H groups in total. The molecule has 0 spiro atoms. The van der Waals surface area contributed by atoms with Gasteiger partial charge in [-0.2, -0.15) is 0 Å². The molecule has 1 aromatic carbocycles. The van der Waals surface area contributed by atoms with Crippen LogP contribution in [0.2, 0.25) is 0 Å². The molecule has 3 nitrogen and oxygen atoms in total. The maximum absolute atomic E-state index is 4.56. The highest BCUT2D eigenvalue weighted by Crippen LogP contribution is 2.33. The van der Waals surface area contributed by atoms with Gasteiger partial charge in [0.2, 0.25) is 0 Å². The smallest absolute Gasteiger partial charge is 0.140 e. The monoisotopic (exact) mass is 269 g/mol. The van der Waals surface area contributed by atoms with E-state index in [0.717, 1.165) is 12.4 Å². The number of rotatable bonds is 5. The van der Waals surface area contributed by atoms with Crippen LogP contribution in [0.3, 0.4) is 0 Å². The Labute approximate surface area is 121 Å². The third-order valence-electron chi connectivity index (χ3n) is 4.18. The summed E-state index contributed by atoms with van der Waals surface area (Å²) in [4.78, 5) is 4.56. The average molecular weight is 269 g/mol. The summed E-state index contributed by atoms with van der Waals surface area (Å²) in [6.07, 6.45) is 9.01. The molecule has 0 aliphatic heterocycles. The topological polar surface area (TPSA) is 29.9 Å². The molecule has 20 heavy (non-hydrogen) atoms. The van der Waals surface area contributed by atoms with Crippen molar-refractivity contribution in [2.75, 3.05) is 6.54 Å². The predicted octanol–water partition coefficient (Wildman–Crippen LogP) is 3.64. The first kappa shape index (κ1) is 13.4. The van der Waals surface area contributed by atoms with E-state index in [1.54, 1.807) is 0 Å². The van der Waals surface area contributed by atoms with E-state index in [1.165, 1.54) is 31.2 Å². The van der Waals surface area contributed by atoms with Crippen LogP contribution in [-0.2, 0) is 0 Å². The van der Waals surface area contributed by atoms with Crippen LogP contribution in [0.5, 0.6) is 0 Å². The van der Waals surface area contributed by atoms with Gasteiger partial charge in [0.25, 0.3) is 0 Å². The lowest BCUT2D eigenvalue weighted by atomic mass is 10.2. The maximum atomic E-state index is 4.56. The number of hydrogen-bond donors (Lipinski definition) is 1. The van der Waals surface area contributed by atoms with E-state index >= 15 is 0 Å². The van der Waals surface area contributed by atoms with Crippen molar-refractivity contribution in [1.29, 1.82) is 0 Å². The van der Waals surface area contributed by atoms with E-state index in [9.17, 15) is 0 Å². The molecule has 0 saturated heterocycles. The zero-order valence-electron chi connectivity index (χ0n) is 12.1. The van der Waals surface area contributed by atoms with Crippen LogP contribution < -0.4 is 5.32 Å². The van der Waals surface area contributed by atoms with Crippen molar-refractivity contribution < 1.29 is 0 Å². The molecule has 0 radical (unpaired) electrons. The van der Waals surface area contributed by atoms with E-state index in [-0.39, 0.29) is 0 Å². The highest BCUT2D eigenvalue weighted by Gasteiger charge is 2.26. The van der Waals surface area contributed by atoms with Crippen molar-refractivity contribution in [1.82, 2.24) is 14.9 Å². The van der Waals surface area contributed by atoms with Crippen molar-refractivity contribution in [2.45, 2.75) is 44.7 Å². The minimum atomic E-state index is 0.585. The van der Waals surface area contributed by atoms with Crippen LogP contribution in [0.4, 0.5) is 0 Å². The summed E-state index contributed by atoms with van der Waals surface area (Å²) in [5.41, 5.74) is 1.21. The molecule has 3 heteroatoms. The first-order valence-corrected chi connectivity index (χ1v) is 7.70. The van der Waals surface area contributed by atoms with Crippen LogP contribution >= 0.6 is 0 Å². The highest BCUT2D eigenvalue weighted by molar-refractivity contribution is 5.55. The first-order chi connectivity index (χ1) is 9.88. The summed E-state index contributed by atoms with van der Waals surface area (Å²) in [6.45, 7) is 3.36. The third-order valence-corrected chi connectivity index (χ3v) is 4.18. The molecule has 0 bridgehead atoms. The summed E-state index contributed by atoms with van der Waals surface area (Å²) < 4.78 is 2.36. The first-order valence-electron chi connectivity index (χ1n) is 7.70. The Morgan fingerprint density at radius 3 is 2.90 bits per heavy atom. The molecule has 2 atom stereocenters. The summed E-state index contributed by atoms with van der Waals surface area (Å²) >= 11 is 0. The lowest BCUT2D eigenvalue weighted by Gasteiger charge is -2.16. The summed E-state index contributed by atoms with van der Waals surface area (Å²) in [6, 6.07) is 11.7. The Bertz CT molecular complexity index is 532. The fourth-order valence-electron chi connectivity index (χ4n) is 3.16. The Morgan fingerprint density at radius 1 is 1.25 bits per heavy atom. The minimum Gasteiger partial charge on any atom is -0.328 e. The Balaban J connectivity index is 1.75. The van der Waals surface area contributed by atoms with Gasteiger partial charge in [-0.1, -0.05) is 37.3 Å². The number of nitrogens with zero attached hydrogens (tertiary/aromatic N) is 2. The molecule has 2 unspecified atom stereocenters. The molecule has 1 saturated carbocycles. The van der Waals surface area contributed by atoms with Gasteiger partial charge in [0.15, 0.2) is 0 Å². The lowest BCUT2D eigenvalue weighted by molar-refractivity contribution is 0.476. The summed E-state index contributed by atoms with van der Waals surface area (Å²) in [7, 11) is 0. The number of aromatic nitrogens is 2. The average Bonchev–Trinajstić information content (AvgIpc) is 3.14. The normalized spacial score (nSPS) is 22.2. The van der Waals surface area contributed by atoms with Gasteiger partial charge >= 0.3 is 0 Å². The molecule has 3 rings (SSSR count). The van der Waals surface area contributed by atoms with Crippen molar-refractivity contribution in [3.8, 4) is 11.4 Å². The van der Waals surface area contributed by atoms with Gasteiger partial charge in [0.1, 0.15) is 5.82 Å².